The molecule has 1 heterocycles. The van der Waals surface area contributed by atoms with Crippen LogP contribution in [0.1, 0.15) is 26.3 Å². The van der Waals surface area contributed by atoms with E-state index >= 15 is 0 Å². The Labute approximate surface area is 131 Å². The van der Waals surface area contributed by atoms with Crippen LogP contribution in [0.4, 0.5) is 5.69 Å². The van der Waals surface area contributed by atoms with Crippen molar-refractivity contribution in [3.05, 3.63) is 22.3 Å². The number of rotatable bonds is 0. The lowest BCUT2D eigenvalue weighted by Crippen LogP contribution is -2.24. The summed E-state index contributed by atoms with van der Waals surface area (Å²) in [7, 11) is 0. The quantitative estimate of drug-likeness (QED) is 0.331. The summed E-state index contributed by atoms with van der Waals surface area (Å²) in [4.78, 5) is 4.67. The summed E-state index contributed by atoms with van der Waals surface area (Å²) in [5, 5.41) is 0. The van der Waals surface area contributed by atoms with Crippen molar-refractivity contribution in [2.45, 2.75) is 26.2 Å². The van der Waals surface area contributed by atoms with E-state index < -0.39 is 0 Å². The molecule has 80 valence electrons. The molecule has 1 aliphatic rings. The molecular formula is C11H10I3N. The Kier molecular flexibility index (Phi) is 3.41. The van der Waals surface area contributed by atoms with Crippen LogP contribution >= 0.6 is 67.8 Å². The molecule has 1 aromatic rings. The van der Waals surface area contributed by atoms with Gasteiger partial charge in [-0.15, -0.1) is 0 Å². The number of nitrogens with zero attached hydrogens (tertiary/aromatic N) is 1. The maximum absolute atomic E-state index is 4.67. The van der Waals surface area contributed by atoms with Gasteiger partial charge in [-0.1, -0.05) is 13.8 Å². The van der Waals surface area contributed by atoms with E-state index in [1.807, 2.05) is 0 Å². The number of hydrogen-bond acceptors (Lipinski definition) is 1. The monoisotopic (exact) mass is 537 g/mol. The number of fused-ring (bicyclic) bond motifs is 1. The molecule has 0 atom stereocenters. The average molecular weight is 537 g/mol. The largest absolute Gasteiger partial charge is 0.257 e. The molecule has 0 bridgehead atoms. The standard InChI is InChI=1S/C11H10I3N/c1-5-11(2,3)8-7(15-5)4-6(12)9(13)10(8)14/h4H,1-3H3. The highest BCUT2D eigenvalue weighted by Gasteiger charge is 2.35. The number of hydrogen-bond donors (Lipinski definition) is 0. The first-order valence-electron chi connectivity index (χ1n) is 4.59. The third kappa shape index (κ3) is 1.88. The zero-order valence-corrected chi connectivity index (χ0v) is 15.1. The molecule has 0 fully saturated rings. The van der Waals surface area contributed by atoms with E-state index in [0.29, 0.717) is 0 Å². The van der Waals surface area contributed by atoms with Crippen LogP contribution in [0.3, 0.4) is 0 Å². The van der Waals surface area contributed by atoms with Crippen molar-refractivity contribution >= 4 is 79.2 Å². The highest BCUT2D eigenvalue weighted by Crippen LogP contribution is 2.45. The van der Waals surface area contributed by atoms with E-state index in [-0.39, 0.29) is 5.41 Å². The Morgan fingerprint density at radius 3 is 2.33 bits per heavy atom. The smallest absolute Gasteiger partial charge is 0.0692 e. The van der Waals surface area contributed by atoms with Crippen LogP contribution in [0.25, 0.3) is 0 Å². The van der Waals surface area contributed by atoms with E-state index in [4.69, 9.17) is 0 Å². The van der Waals surface area contributed by atoms with Gasteiger partial charge in [0.25, 0.3) is 0 Å². The number of halogens is 3. The first-order valence-corrected chi connectivity index (χ1v) is 7.83. The van der Waals surface area contributed by atoms with E-state index in [2.05, 4.69) is 99.6 Å². The first-order chi connectivity index (χ1) is 6.85. The van der Waals surface area contributed by atoms with Gasteiger partial charge < -0.3 is 0 Å². The molecule has 0 aliphatic carbocycles. The summed E-state index contributed by atoms with van der Waals surface area (Å²) < 4.78 is 4.01. The normalized spacial score (nSPS) is 17.6. The van der Waals surface area contributed by atoms with Gasteiger partial charge in [0.05, 0.1) is 5.69 Å². The molecule has 2 rings (SSSR count). The predicted octanol–water partition coefficient (Wildman–Crippen LogP) is 4.88. The van der Waals surface area contributed by atoms with Gasteiger partial charge in [-0.25, -0.2) is 0 Å². The van der Waals surface area contributed by atoms with Gasteiger partial charge in [0.1, 0.15) is 0 Å². The molecule has 15 heavy (non-hydrogen) atoms. The number of aliphatic imine (C=N–C) groups is 1. The van der Waals surface area contributed by atoms with E-state index in [9.17, 15) is 0 Å². The SMILES string of the molecule is CC1=Nc2cc(I)c(I)c(I)c2C1(C)C. The second kappa shape index (κ2) is 4.08. The van der Waals surface area contributed by atoms with Crippen LogP contribution in [-0.2, 0) is 5.41 Å². The summed E-state index contributed by atoms with van der Waals surface area (Å²) in [6.45, 7) is 6.63. The molecule has 0 N–H and O–H groups in total. The Hall–Kier alpha value is 1.08. The van der Waals surface area contributed by atoms with Gasteiger partial charge in [0.2, 0.25) is 0 Å². The summed E-state index contributed by atoms with van der Waals surface area (Å²) in [6, 6.07) is 2.19. The van der Waals surface area contributed by atoms with Crippen molar-refractivity contribution in [2.24, 2.45) is 4.99 Å². The third-order valence-electron chi connectivity index (χ3n) is 2.96. The van der Waals surface area contributed by atoms with Crippen LogP contribution < -0.4 is 0 Å². The van der Waals surface area contributed by atoms with Gasteiger partial charge in [-0.05, 0) is 80.8 Å². The van der Waals surface area contributed by atoms with Crippen molar-refractivity contribution in [3.63, 3.8) is 0 Å². The van der Waals surface area contributed by atoms with E-state index in [1.165, 1.54) is 22.0 Å². The van der Waals surface area contributed by atoms with Crippen LogP contribution in [0.15, 0.2) is 11.1 Å². The van der Waals surface area contributed by atoms with Gasteiger partial charge in [0, 0.05) is 27.4 Å². The first kappa shape index (κ1) is 12.5. The highest BCUT2D eigenvalue weighted by atomic mass is 127. The molecule has 0 radical (unpaired) electrons. The lowest BCUT2D eigenvalue weighted by atomic mass is 9.82. The fourth-order valence-corrected chi connectivity index (χ4v) is 4.51. The Morgan fingerprint density at radius 1 is 1.13 bits per heavy atom. The molecule has 0 saturated heterocycles. The lowest BCUT2D eigenvalue weighted by molar-refractivity contribution is 0.727. The second-order valence-electron chi connectivity index (χ2n) is 4.20. The third-order valence-corrected chi connectivity index (χ3v) is 8.07. The fourth-order valence-electron chi connectivity index (χ4n) is 1.77. The molecule has 4 heteroatoms. The maximum atomic E-state index is 4.67. The van der Waals surface area contributed by atoms with Crippen molar-refractivity contribution in [1.82, 2.24) is 0 Å². The summed E-state index contributed by atoms with van der Waals surface area (Å²) >= 11 is 7.25. The minimum atomic E-state index is 0.0934. The average Bonchev–Trinajstić information content (AvgIpc) is 2.34. The van der Waals surface area contributed by atoms with Crippen molar-refractivity contribution in [1.29, 1.82) is 0 Å². The summed E-state index contributed by atoms with van der Waals surface area (Å²) in [5.74, 6) is 0. The van der Waals surface area contributed by atoms with E-state index in [1.54, 1.807) is 0 Å². The Balaban J connectivity index is 2.79. The van der Waals surface area contributed by atoms with Gasteiger partial charge >= 0.3 is 0 Å². The molecule has 1 aliphatic heterocycles. The molecular weight excluding hydrogens is 527 g/mol. The summed E-state index contributed by atoms with van der Waals surface area (Å²) in [5.41, 5.74) is 3.86. The molecule has 0 saturated carbocycles. The van der Waals surface area contributed by atoms with Crippen LogP contribution in [0.5, 0.6) is 0 Å². The Morgan fingerprint density at radius 2 is 1.73 bits per heavy atom. The molecule has 0 spiro atoms. The molecule has 1 aromatic carbocycles. The maximum Gasteiger partial charge on any atom is 0.0692 e. The molecule has 0 amide bonds. The second-order valence-corrected chi connectivity index (χ2v) is 7.52. The van der Waals surface area contributed by atoms with Gasteiger partial charge in [-0.3, -0.25) is 4.99 Å². The Bertz CT molecular complexity index is 475. The van der Waals surface area contributed by atoms with Crippen LogP contribution in [0.2, 0.25) is 0 Å². The highest BCUT2D eigenvalue weighted by molar-refractivity contribution is 14.1. The molecule has 1 nitrogen and oxygen atoms in total. The van der Waals surface area contributed by atoms with Crippen molar-refractivity contribution < 1.29 is 0 Å². The zero-order chi connectivity index (χ0) is 11.4. The van der Waals surface area contributed by atoms with Crippen molar-refractivity contribution in [2.75, 3.05) is 0 Å². The van der Waals surface area contributed by atoms with Gasteiger partial charge in [-0.2, -0.15) is 0 Å². The zero-order valence-electron chi connectivity index (χ0n) is 8.66. The summed E-state index contributed by atoms with van der Waals surface area (Å²) in [6.07, 6.45) is 0. The van der Waals surface area contributed by atoms with Crippen molar-refractivity contribution in [3.8, 4) is 0 Å². The van der Waals surface area contributed by atoms with Gasteiger partial charge in [0.15, 0.2) is 0 Å². The molecule has 0 aromatic heterocycles. The lowest BCUT2D eigenvalue weighted by Gasteiger charge is -2.22. The fraction of sp³-hybridized carbons (Fsp3) is 0.364. The minimum absolute atomic E-state index is 0.0934. The van der Waals surface area contributed by atoms with Crippen LogP contribution in [0, 0.1) is 10.7 Å². The number of benzene rings is 1. The predicted molar refractivity (Wildman–Crippen MR) is 90.4 cm³/mol. The minimum Gasteiger partial charge on any atom is -0.257 e. The topological polar surface area (TPSA) is 12.4 Å². The van der Waals surface area contributed by atoms with E-state index in [0.717, 1.165) is 5.69 Å². The van der Waals surface area contributed by atoms with Crippen LogP contribution in [-0.4, -0.2) is 5.71 Å². The molecule has 0 unspecified atom stereocenters.